The number of fused-ring (bicyclic) bond motifs is 1. The van der Waals surface area contributed by atoms with Gasteiger partial charge in [0.15, 0.2) is 11.5 Å². The van der Waals surface area contributed by atoms with E-state index in [0.29, 0.717) is 35.8 Å². The molecule has 1 unspecified atom stereocenters. The van der Waals surface area contributed by atoms with Gasteiger partial charge in [0.05, 0.1) is 12.8 Å². The Hall–Kier alpha value is -3.04. The molecule has 0 spiro atoms. The zero-order chi connectivity index (χ0) is 20.5. The number of ether oxygens (including phenoxy) is 3. The number of methoxy groups -OCH3 is 1. The summed E-state index contributed by atoms with van der Waals surface area (Å²) in [6.07, 6.45) is 1.63. The molecule has 1 fully saturated rings. The van der Waals surface area contributed by atoms with Crippen molar-refractivity contribution in [3.8, 4) is 17.2 Å². The molecule has 3 heterocycles. The molecular formula is C20H22ClN3O6. The Kier molecular flexibility index (Phi) is 6.33. The minimum Gasteiger partial charge on any atom is -0.468 e. The zero-order valence-corrected chi connectivity index (χ0v) is 17.4. The number of pyridine rings is 1. The summed E-state index contributed by atoms with van der Waals surface area (Å²) in [5.41, 5.74) is 0.795. The number of nitrogens with zero attached hydrogens (tertiary/aromatic N) is 2. The predicted molar refractivity (Wildman–Crippen MR) is 110 cm³/mol. The van der Waals surface area contributed by atoms with Crippen LogP contribution in [0.25, 0.3) is 5.69 Å². The molecule has 0 radical (unpaired) electrons. The van der Waals surface area contributed by atoms with Crippen LogP contribution in [0.1, 0.15) is 15.9 Å². The number of aromatic nitrogens is 1. The van der Waals surface area contributed by atoms with E-state index in [2.05, 4.69) is 5.32 Å². The van der Waals surface area contributed by atoms with E-state index in [-0.39, 0.29) is 31.3 Å². The highest BCUT2D eigenvalue weighted by Gasteiger charge is 2.31. The van der Waals surface area contributed by atoms with Crippen molar-refractivity contribution >= 4 is 24.3 Å². The first-order chi connectivity index (χ1) is 14.0. The summed E-state index contributed by atoms with van der Waals surface area (Å²) < 4.78 is 16.8. The smallest absolute Gasteiger partial charge is 0.324 e. The van der Waals surface area contributed by atoms with Crippen LogP contribution in [0, 0.1) is 6.92 Å². The zero-order valence-electron chi connectivity index (χ0n) is 16.5. The molecule has 1 aromatic heterocycles. The molecule has 1 N–H and O–H groups in total. The van der Waals surface area contributed by atoms with Gasteiger partial charge in [0.2, 0.25) is 6.79 Å². The number of nitrogens with one attached hydrogen (secondary N) is 1. The number of amides is 1. The molecule has 30 heavy (non-hydrogen) atoms. The third-order valence-corrected chi connectivity index (χ3v) is 5.10. The molecule has 1 amide bonds. The monoisotopic (exact) mass is 435 g/mol. The number of halogens is 1. The van der Waals surface area contributed by atoms with Gasteiger partial charge < -0.3 is 24.4 Å². The first kappa shape index (κ1) is 21.7. The van der Waals surface area contributed by atoms with Gasteiger partial charge in [0.1, 0.15) is 11.6 Å². The van der Waals surface area contributed by atoms with Gasteiger partial charge in [-0.2, -0.15) is 0 Å². The van der Waals surface area contributed by atoms with Crippen LogP contribution in [-0.4, -0.2) is 60.9 Å². The van der Waals surface area contributed by atoms with Crippen molar-refractivity contribution in [1.82, 2.24) is 14.8 Å². The lowest BCUT2D eigenvalue weighted by Gasteiger charge is -2.32. The summed E-state index contributed by atoms with van der Waals surface area (Å²) in [7, 11) is 1.30. The molecule has 160 valence electrons. The normalized spacial score (nSPS) is 17.3. The van der Waals surface area contributed by atoms with Crippen LogP contribution >= 0.6 is 12.4 Å². The van der Waals surface area contributed by atoms with Crippen molar-refractivity contribution < 1.29 is 23.8 Å². The fourth-order valence-corrected chi connectivity index (χ4v) is 3.52. The van der Waals surface area contributed by atoms with Gasteiger partial charge in [0.25, 0.3) is 11.5 Å². The summed E-state index contributed by atoms with van der Waals surface area (Å²) in [6.45, 7) is 2.83. The van der Waals surface area contributed by atoms with E-state index in [0.717, 1.165) is 0 Å². The average Bonchev–Trinajstić information content (AvgIpc) is 3.21. The molecule has 10 heteroatoms. The van der Waals surface area contributed by atoms with Gasteiger partial charge in [0, 0.05) is 31.9 Å². The second kappa shape index (κ2) is 8.76. The maximum atomic E-state index is 13.2. The van der Waals surface area contributed by atoms with E-state index < -0.39 is 23.5 Å². The first-order valence-electron chi connectivity index (χ1n) is 9.22. The number of hydrogen-bond acceptors (Lipinski definition) is 7. The Morgan fingerprint density at radius 3 is 2.73 bits per heavy atom. The van der Waals surface area contributed by atoms with E-state index in [4.69, 9.17) is 14.2 Å². The van der Waals surface area contributed by atoms with Crippen LogP contribution in [0.5, 0.6) is 11.5 Å². The van der Waals surface area contributed by atoms with Crippen LogP contribution in [-0.2, 0) is 9.53 Å². The molecule has 4 rings (SSSR count). The highest BCUT2D eigenvalue weighted by Crippen LogP contribution is 2.33. The summed E-state index contributed by atoms with van der Waals surface area (Å²) in [5, 5.41) is 3.02. The largest absolute Gasteiger partial charge is 0.468 e. The predicted octanol–water partition coefficient (Wildman–Crippen LogP) is 0.883. The maximum absolute atomic E-state index is 13.2. The lowest BCUT2D eigenvalue weighted by Crippen LogP contribution is -2.56. The van der Waals surface area contributed by atoms with E-state index in [1.165, 1.54) is 16.6 Å². The van der Waals surface area contributed by atoms with Crippen molar-refractivity contribution in [2.45, 2.75) is 13.0 Å². The van der Waals surface area contributed by atoms with Crippen LogP contribution in [0.3, 0.4) is 0 Å². The third-order valence-electron chi connectivity index (χ3n) is 5.10. The number of carbonyl (C=O) groups excluding carboxylic acids is 2. The van der Waals surface area contributed by atoms with E-state index in [1.54, 1.807) is 37.4 Å². The lowest BCUT2D eigenvalue weighted by atomic mass is 10.1. The second-order valence-corrected chi connectivity index (χ2v) is 6.87. The van der Waals surface area contributed by atoms with E-state index >= 15 is 0 Å². The van der Waals surface area contributed by atoms with Crippen molar-refractivity contribution in [3.05, 3.63) is 51.9 Å². The first-order valence-corrected chi connectivity index (χ1v) is 9.22. The molecule has 2 aliphatic heterocycles. The molecule has 2 aliphatic rings. The van der Waals surface area contributed by atoms with Gasteiger partial charge in [-0.05, 0) is 30.7 Å². The van der Waals surface area contributed by atoms with Crippen molar-refractivity contribution in [2.24, 2.45) is 0 Å². The highest BCUT2D eigenvalue weighted by atomic mass is 35.5. The molecular weight excluding hydrogens is 414 g/mol. The van der Waals surface area contributed by atoms with Crippen LogP contribution < -0.4 is 20.3 Å². The topological polar surface area (TPSA) is 99.1 Å². The molecule has 1 saturated heterocycles. The maximum Gasteiger partial charge on any atom is 0.324 e. The van der Waals surface area contributed by atoms with Crippen LogP contribution in [0.15, 0.2) is 35.3 Å². The molecule has 0 aliphatic carbocycles. The highest BCUT2D eigenvalue weighted by molar-refractivity contribution is 5.96. The Balaban J connectivity index is 0.00000256. The summed E-state index contributed by atoms with van der Waals surface area (Å²) in [6, 6.07) is 6.27. The number of rotatable bonds is 3. The molecule has 1 aromatic carbocycles. The molecule has 1 atom stereocenters. The van der Waals surface area contributed by atoms with Crippen LogP contribution in [0.4, 0.5) is 0 Å². The number of piperazine rings is 1. The number of aryl methyl sites for hydroxylation is 1. The van der Waals surface area contributed by atoms with Gasteiger partial charge in [-0.15, -0.1) is 12.4 Å². The van der Waals surface area contributed by atoms with E-state index in [9.17, 15) is 14.4 Å². The molecule has 9 nitrogen and oxygen atoms in total. The third kappa shape index (κ3) is 3.86. The summed E-state index contributed by atoms with van der Waals surface area (Å²) >= 11 is 0. The molecule has 0 saturated carbocycles. The Morgan fingerprint density at radius 2 is 1.97 bits per heavy atom. The van der Waals surface area contributed by atoms with Crippen molar-refractivity contribution in [2.75, 3.05) is 33.5 Å². The average molecular weight is 436 g/mol. The Labute approximate surface area is 178 Å². The van der Waals surface area contributed by atoms with Gasteiger partial charge in [-0.1, -0.05) is 0 Å². The SMILES string of the molecule is COC(=O)C1CN(C(=O)c2c(C)ccn(-c3ccc4c(c3)OCO4)c2=O)CCN1.Cl. The van der Waals surface area contributed by atoms with Gasteiger partial charge in [-0.3, -0.25) is 19.0 Å². The lowest BCUT2D eigenvalue weighted by molar-refractivity contribution is -0.144. The van der Waals surface area contributed by atoms with E-state index in [1.807, 2.05) is 0 Å². The van der Waals surface area contributed by atoms with Gasteiger partial charge >= 0.3 is 5.97 Å². The molecule has 0 bridgehead atoms. The Morgan fingerprint density at radius 1 is 1.20 bits per heavy atom. The van der Waals surface area contributed by atoms with Gasteiger partial charge in [-0.25, -0.2) is 0 Å². The number of carbonyl (C=O) groups is 2. The number of esters is 1. The summed E-state index contributed by atoms with van der Waals surface area (Å²) in [5.74, 6) is 0.314. The quantitative estimate of drug-likeness (QED) is 0.714. The molecule has 2 aromatic rings. The van der Waals surface area contributed by atoms with Crippen molar-refractivity contribution in [3.63, 3.8) is 0 Å². The fraction of sp³-hybridized carbons (Fsp3) is 0.350. The Bertz CT molecular complexity index is 1040. The number of hydrogen-bond donors (Lipinski definition) is 1. The van der Waals surface area contributed by atoms with Crippen LogP contribution in [0.2, 0.25) is 0 Å². The standard InChI is InChI=1S/C20H21N3O6.ClH/c1-12-5-7-23(13-3-4-15-16(9-13)29-11-28-15)19(25)17(12)18(24)22-8-6-21-14(10-22)20(26)27-2;/h3-5,7,9,14,21H,6,8,10-11H2,1-2H3;1H. The second-order valence-electron chi connectivity index (χ2n) is 6.87. The minimum absolute atomic E-state index is 0. The minimum atomic E-state index is -0.613. The van der Waals surface area contributed by atoms with Crippen molar-refractivity contribution in [1.29, 1.82) is 0 Å². The summed E-state index contributed by atoms with van der Waals surface area (Å²) in [4.78, 5) is 39.7. The fourth-order valence-electron chi connectivity index (χ4n) is 3.52. The number of benzene rings is 1.